The van der Waals surface area contributed by atoms with E-state index in [2.05, 4.69) is 43.6 Å². The molecule has 90 valence electrons. The molecule has 0 saturated carbocycles. The molecule has 0 aromatic carbocycles. The van der Waals surface area contributed by atoms with Gasteiger partial charge in [0.25, 0.3) is 0 Å². The Labute approximate surface area is 106 Å². The summed E-state index contributed by atoms with van der Waals surface area (Å²) in [6.07, 6.45) is 0.409. The molecule has 0 atom stereocenters. The summed E-state index contributed by atoms with van der Waals surface area (Å²) in [6, 6.07) is 0. The highest BCUT2D eigenvalue weighted by molar-refractivity contribution is 7.80. The smallest absolute Gasteiger partial charge is 0.223 e. The monoisotopic (exact) mass is 270 g/mol. The van der Waals surface area contributed by atoms with E-state index in [-0.39, 0.29) is 5.91 Å². The number of thiazole rings is 1. The number of nitrogens with one attached hydrogen (secondary N) is 2. The molecule has 7 nitrogen and oxygen atoms in total. The number of carbonyl (C=O) groups excluding carboxylic acids is 1. The Bertz CT molecular complexity index is 482. The van der Waals surface area contributed by atoms with Gasteiger partial charge in [-0.05, 0) is 11.0 Å². The van der Waals surface area contributed by atoms with Gasteiger partial charge in [0.05, 0.1) is 6.54 Å². The van der Waals surface area contributed by atoms with Crippen LogP contribution in [0.3, 0.4) is 0 Å². The maximum absolute atomic E-state index is 11.2. The third kappa shape index (κ3) is 3.24. The Morgan fingerprint density at radius 1 is 1.59 bits per heavy atom. The molecule has 0 unspecified atom stereocenters. The van der Waals surface area contributed by atoms with Crippen molar-refractivity contribution >= 4 is 29.9 Å². The maximum Gasteiger partial charge on any atom is 0.223 e. The highest BCUT2D eigenvalue weighted by Gasteiger charge is 2.09. The summed E-state index contributed by atoms with van der Waals surface area (Å²) < 4.78 is 0. The Hall–Kier alpha value is -1.48. The van der Waals surface area contributed by atoms with Gasteiger partial charge in [-0.3, -0.25) is 4.79 Å². The number of aromatic nitrogens is 5. The lowest BCUT2D eigenvalue weighted by atomic mass is 10.4. The second-order valence-electron chi connectivity index (χ2n) is 3.11. The van der Waals surface area contributed by atoms with Crippen molar-refractivity contribution in [1.82, 2.24) is 30.9 Å². The lowest BCUT2D eigenvalue weighted by Gasteiger charge is -1.99. The van der Waals surface area contributed by atoms with Crippen LogP contribution in [0, 0.1) is 0 Å². The Balaban J connectivity index is 1.93. The molecule has 0 bridgehead atoms. The van der Waals surface area contributed by atoms with Crippen LogP contribution in [-0.4, -0.2) is 37.3 Å². The van der Waals surface area contributed by atoms with Crippen LogP contribution in [0.25, 0.3) is 11.5 Å². The SMILES string of the molecule is O=C(CCS)NCc1nc(-c2nn[nH]n2)cs1. The quantitative estimate of drug-likeness (QED) is 0.677. The lowest BCUT2D eigenvalue weighted by molar-refractivity contribution is -0.120. The van der Waals surface area contributed by atoms with Crippen LogP contribution in [0.4, 0.5) is 0 Å². The molecular weight excluding hydrogens is 260 g/mol. The highest BCUT2D eigenvalue weighted by atomic mass is 32.1. The van der Waals surface area contributed by atoms with Gasteiger partial charge >= 0.3 is 0 Å². The number of amides is 1. The van der Waals surface area contributed by atoms with Gasteiger partial charge in [0, 0.05) is 11.8 Å². The van der Waals surface area contributed by atoms with E-state index in [0.29, 0.717) is 30.2 Å². The summed E-state index contributed by atoms with van der Waals surface area (Å²) in [4.78, 5) is 15.5. The molecular formula is C8H10N6OS2. The van der Waals surface area contributed by atoms with Gasteiger partial charge in [-0.1, -0.05) is 0 Å². The number of carbonyl (C=O) groups is 1. The van der Waals surface area contributed by atoms with Gasteiger partial charge < -0.3 is 5.32 Å². The maximum atomic E-state index is 11.2. The lowest BCUT2D eigenvalue weighted by Crippen LogP contribution is -2.22. The van der Waals surface area contributed by atoms with Crippen LogP contribution in [0.15, 0.2) is 5.38 Å². The van der Waals surface area contributed by atoms with Crippen molar-refractivity contribution in [3.8, 4) is 11.5 Å². The zero-order valence-electron chi connectivity index (χ0n) is 8.75. The van der Waals surface area contributed by atoms with E-state index in [1.54, 1.807) is 0 Å². The summed E-state index contributed by atoms with van der Waals surface area (Å²) in [5, 5.41) is 18.8. The van der Waals surface area contributed by atoms with Crippen LogP contribution in [-0.2, 0) is 11.3 Å². The number of aromatic amines is 1. The number of nitrogens with zero attached hydrogens (tertiary/aromatic N) is 4. The second kappa shape index (κ2) is 5.73. The van der Waals surface area contributed by atoms with E-state index >= 15 is 0 Å². The molecule has 2 rings (SSSR count). The van der Waals surface area contributed by atoms with Crippen molar-refractivity contribution < 1.29 is 4.79 Å². The molecule has 17 heavy (non-hydrogen) atoms. The topological polar surface area (TPSA) is 96.5 Å². The van der Waals surface area contributed by atoms with Crippen molar-refractivity contribution in [2.24, 2.45) is 0 Å². The molecule has 1 amide bonds. The van der Waals surface area contributed by atoms with E-state index < -0.39 is 0 Å². The fourth-order valence-electron chi connectivity index (χ4n) is 1.13. The fraction of sp³-hybridized carbons (Fsp3) is 0.375. The molecule has 2 N–H and O–H groups in total. The zero-order valence-corrected chi connectivity index (χ0v) is 10.5. The summed E-state index contributed by atoms with van der Waals surface area (Å²) >= 11 is 5.43. The van der Waals surface area contributed by atoms with Gasteiger partial charge in [-0.25, -0.2) is 4.98 Å². The summed E-state index contributed by atoms with van der Waals surface area (Å²) in [5.41, 5.74) is 0.655. The van der Waals surface area contributed by atoms with Gasteiger partial charge in [-0.2, -0.15) is 17.8 Å². The van der Waals surface area contributed by atoms with E-state index in [0.717, 1.165) is 5.01 Å². The fourth-order valence-corrected chi connectivity index (χ4v) is 2.04. The average molecular weight is 270 g/mol. The van der Waals surface area contributed by atoms with Gasteiger partial charge in [0.2, 0.25) is 11.7 Å². The van der Waals surface area contributed by atoms with Gasteiger partial charge in [0.15, 0.2) is 0 Å². The molecule has 2 aromatic heterocycles. The molecule has 0 aliphatic carbocycles. The minimum absolute atomic E-state index is 0.0312. The molecule has 0 radical (unpaired) electrons. The van der Waals surface area contributed by atoms with Crippen LogP contribution in [0.2, 0.25) is 0 Å². The predicted octanol–water partition coefficient (Wildman–Crippen LogP) is 0.259. The molecule has 0 fully saturated rings. The normalized spacial score (nSPS) is 10.4. The molecule has 0 spiro atoms. The van der Waals surface area contributed by atoms with Crippen molar-refractivity contribution in [3.63, 3.8) is 0 Å². The largest absolute Gasteiger partial charge is 0.350 e. The van der Waals surface area contributed by atoms with Gasteiger partial charge in [-0.15, -0.1) is 21.5 Å². The zero-order chi connectivity index (χ0) is 12.1. The Morgan fingerprint density at radius 2 is 2.47 bits per heavy atom. The van der Waals surface area contributed by atoms with Crippen molar-refractivity contribution in [2.45, 2.75) is 13.0 Å². The van der Waals surface area contributed by atoms with Crippen LogP contribution < -0.4 is 5.32 Å². The third-order valence-corrected chi connectivity index (χ3v) is 2.97. The number of H-pyrrole nitrogens is 1. The van der Waals surface area contributed by atoms with Crippen LogP contribution in [0.1, 0.15) is 11.4 Å². The molecule has 0 aliphatic heterocycles. The van der Waals surface area contributed by atoms with Crippen molar-refractivity contribution in [2.75, 3.05) is 5.75 Å². The van der Waals surface area contributed by atoms with Crippen LogP contribution in [0.5, 0.6) is 0 Å². The van der Waals surface area contributed by atoms with Crippen LogP contribution >= 0.6 is 24.0 Å². The minimum atomic E-state index is -0.0312. The molecule has 2 heterocycles. The number of hydrogen-bond donors (Lipinski definition) is 3. The number of hydrogen-bond acceptors (Lipinski definition) is 7. The minimum Gasteiger partial charge on any atom is -0.350 e. The molecule has 9 heteroatoms. The third-order valence-electron chi connectivity index (χ3n) is 1.90. The molecule has 0 aliphatic rings. The summed E-state index contributed by atoms with van der Waals surface area (Å²) in [7, 11) is 0. The van der Waals surface area contributed by atoms with Gasteiger partial charge in [0.1, 0.15) is 10.7 Å². The van der Waals surface area contributed by atoms with Crippen molar-refractivity contribution in [3.05, 3.63) is 10.4 Å². The average Bonchev–Trinajstić information content (AvgIpc) is 2.97. The van der Waals surface area contributed by atoms with Crippen molar-refractivity contribution in [1.29, 1.82) is 0 Å². The first-order valence-corrected chi connectivity index (χ1v) is 6.36. The first-order valence-electron chi connectivity index (χ1n) is 4.85. The number of rotatable bonds is 5. The predicted molar refractivity (Wildman–Crippen MR) is 65.6 cm³/mol. The first kappa shape index (κ1) is 12.0. The Morgan fingerprint density at radius 3 is 3.18 bits per heavy atom. The van der Waals surface area contributed by atoms with E-state index in [9.17, 15) is 4.79 Å². The number of thiol groups is 1. The number of tetrazole rings is 1. The summed E-state index contributed by atoms with van der Waals surface area (Å²) in [5.74, 6) is 0.961. The second-order valence-corrected chi connectivity index (χ2v) is 4.50. The molecule has 2 aromatic rings. The van der Waals surface area contributed by atoms with E-state index in [1.165, 1.54) is 11.3 Å². The summed E-state index contributed by atoms with van der Waals surface area (Å²) in [6.45, 7) is 0.412. The standard InChI is InChI=1S/C8H10N6OS2/c15-6(1-2-16)9-3-7-10-5(4-17-7)8-11-13-14-12-8/h4,16H,1-3H2,(H,9,15)(H,11,12,13,14). The first-order chi connectivity index (χ1) is 8.29. The molecule has 0 saturated heterocycles. The van der Waals surface area contributed by atoms with E-state index in [4.69, 9.17) is 0 Å². The van der Waals surface area contributed by atoms with E-state index in [1.807, 2.05) is 5.38 Å². The highest BCUT2D eigenvalue weighted by Crippen LogP contribution is 2.17. The Kier molecular flexibility index (Phi) is 4.04.